The Morgan fingerprint density at radius 1 is 1.00 bits per heavy atom. The zero-order chi connectivity index (χ0) is 14.9. The number of carbonyl (C=O) groups is 2. The lowest BCUT2D eigenvalue weighted by Crippen LogP contribution is -2.60. The van der Waals surface area contributed by atoms with Crippen LogP contribution in [0.3, 0.4) is 0 Å². The number of amides is 3. The number of hydrogen-bond donors (Lipinski definition) is 2. The number of imide groups is 1. The van der Waals surface area contributed by atoms with E-state index in [1.165, 1.54) is 17.7 Å². The minimum Gasteiger partial charge on any atom is -0.399 e. The van der Waals surface area contributed by atoms with E-state index in [9.17, 15) is 9.59 Å². The number of benzene rings is 1. The SMILES string of the molecule is Nc1ccc(N2C(=O)NCC3(CCCCCC3)C2=O)cc1. The number of hydrogen-bond acceptors (Lipinski definition) is 3. The van der Waals surface area contributed by atoms with Gasteiger partial charge < -0.3 is 11.1 Å². The van der Waals surface area contributed by atoms with Crippen LogP contribution in [0.4, 0.5) is 16.2 Å². The second-order valence-electron chi connectivity index (χ2n) is 6.09. The summed E-state index contributed by atoms with van der Waals surface area (Å²) in [5.74, 6) is -0.0575. The molecular weight excluding hydrogens is 266 g/mol. The second-order valence-corrected chi connectivity index (χ2v) is 6.09. The lowest BCUT2D eigenvalue weighted by Gasteiger charge is -2.40. The van der Waals surface area contributed by atoms with Gasteiger partial charge in [0.05, 0.1) is 11.1 Å². The Balaban J connectivity index is 1.93. The van der Waals surface area contributed by atoms with Crippen LogP contribution in [-0.4, -0.2) is 18.5 Å². The molecule has 112 valence electrons. The summed E-state index contributed by atoms with van der Waals surface area (Å²) >= 11 is 0. The minimum atomic E-state index is -0.425. The first-order chi connectivity index (χ1) is 10.1. The number of nitrogens with zero attached hydrogens (tertiary/aromatic N) is 1. The molecule has 0 radical (unpaired) electrons. The maximum atomic E-state index is 13.0. The average Bonchev–Trinajstić information content (AvgIpc) is 2.72. The van der Waals surface area contributed by atoms with Crippen molar-refractivity contribution in [1.82, 2.24) is 5.32 Å². The number of nitrogens with two attached hydrogens (primary N) is 1. The molecule has 0 unspecified atom stereocenters. The first kappa shape index (κ1) is 13.9. The summed E-state index contributed by atoms with van der Waals surface area (Å²) in [4.78, 5) is 26.4. The molecule has 3 N–H and O–H groups in total. The van der Waals surface area contributed by atoms with Crippen molar-refractivity contribution in [3.8, 4) is 0 Å². The van der Waals surface area contributed by atoms with E-state index in [-0.39, 0.29) is 11.9 Å². The van der Waals surface area contributed by atoms with Crippen LogP contribution in [0.15, 0.2) is 24.3 Å². The molecule has 1 aromatic carbocycles. The highest BCUT2D eigenvalue weighted by atomic mass is 16.2. The summed E-state index contributed by atoms with van der Waals surface area (Å²) in [5.41, 5.74) is 6.46. The van der Waals surface area contributed by atoms with Crippen LogP contribution in [0.5, 0.6) is 0 Å². The van der Waals surface area contributed by atoms with Gasteiger partial charge in [-0.1, -0.05) is 25.7 Å². The van der Waals surface area contributed by atoms with Gasteiger partial charge in [0.25, 0.3) is 0 Å². The number of rotatable bonds is 1. The van der Waals surface area contributed by atoms with Crippen molar-refractivity contribution in [2.24, 2.45) is 5.41 Å². The Morgan fingerprint density at radius 3 is 2.24 bits per heavy atom. The Kier molecular flexibility index (Phi) is 3.57. The molecule has 1 aromatic rings. The van der Waals surface area contributed by atoms with Crippen LogP contribution < -0.4 is 16.0 Å². The third kappa shape index (κ3) is 2.48. The molecule has 3 rings (SSSR count). The van der Waals surface area contributed by atoms with Gasteiger partial charge in [-0.3, -0.25) is 4.79 Å². The average molecular weight is 287 g/mol. The normalized spacial score (nSPS) is 22.0. The van der Waals surface area contributed by atoms with Gasteiger partial charge in [0.15, 0.2) is 0 Å². The van der Waals surface area contributed by atoms with Gasteiger partial charge in [-0.25, -0.2) is 9.69 Å². The molecular formula is C16H21N3O2. The van der Waals surface area contributed by atoms with E-state index in [0.717, 1.165) is 25.7 Å². The van der Waals surface area contributed by atoms with E-state index in [4.69, 9.17) is 5.73 Å². The molecule has 1 aliphatic carbocycles. The van der Waals surface area contributed by atoms with Gasteiger partial charge in [0, 0.05) is 12.2 Å². The predicted octanol–water partition coefficient (Wildman–Crippen LogP) is 2.67. The Hall–Kier alpha value is -2.04. The van der Waals surface area contributed by atoms with Crippen LogP contribution in [0.1, 0.15) is 38.5 Å². The summed E-state index contributed by atoms with van der Waals surface area (Å²) in [6, 6.07) is 6.54. The molecule has 1 saturated heterocycles. The van der Waals surface area contributed by atoms with E-state index in [2.05, 4.69) is 5.32 Å². The van der Waals surface area contributed by atoms with E-state index < -0.39 is 5.41 Å². The topological polar surface area (TPSA) is 75.4 Å². The molecule has 2 fully saturated rings. The molecule has 0 bridgehead atoms. The summed E-state index contributed by atoms with van der Waals surface area (Å²) in [7, 11) is 0. The van der Waals surface area contributed by atoms with Gasteiger partial charge in [-0.05, 0) is 37.1 Å². The van der Waals surface area contributed by atoms with Crippen molar-refractivity contribution in [3.05, 3.63) is 24.3 Å². The summed E-state index contributed by atoms with van der Waals surface area (Å²) in [6.07, 6.45) is 6.17. The predicted molar refractivity (Wildman–Crippen MR) is 81.9 cm³/mol. The zero-order valence-corrected chi connectivity index (χ0v) is 12.1. The van der Waals surface area contributed by atoms with Crippen molar-refractivity contribution in [1.29, 1.82) is 0 Å². The number of nitrogen functional groups attached to an aromatic ring is 1. The summed E-state index contributed by atoms with van der Waals surface area (Å²) < 4.78 is 0. The molecule has 5 nitrogen and oxygen atoms in total. The summed E-state index contributed by atoms with van der Waals surface area (Å²) in [6.45, 7) is 0.468. The van der Waals surface area contributed by atoms with Crippen LogP contribution in [0.25, 0.3) is 0 Å². The first-order valence-electron chi connectivity index (χ1n) is 7.60. The minimum absolute atomic E-state index is 0.0575. The van der Waals surface area contributed by atoms with Gasteiger partial charge in [0.1, 0.15) is 0 Å². The lowest BCUT2D eigenvalue weighted by molar-refractivity contribution is -0.129. The number of urea groups is 1. The summed E-state index contributed by atoms with van der Waals surface area (Å²) in [5, 5.41) is 2.90. The van der Waals surface area contributed by atoms with Gasteiger partial charge >= 0.3 is 6.03 Å². The third-order valence-corrected chi connectivity index (χ3v) is 4.65. The Labute approximate surface area is 124 Å². The van der Waals surface area contributed by atoms with Crippen LogP contribution in [-0.2, 0) is 4.79 Å². The highest BCUT2D eigenvalue weighted by Gasteiger charge is 2.47. The Morgan fingerprint density at radius 2 is 1.62 bits per heavy atom. The van der Waals surface area contributed by atoms with Gasteiger partial charge in [-0.2, -0.15) is 0 Å². The van der Waals surface area contributed by atoms with Crippen molar-refractivity contribution in [2.75, 3.05) is 17.2 Å². The molecule has 1 heterocycles. The second kappa shape index (κ2) is 5.39. The van der Waals surface area contributed by atoms with Crippen LogP contribution >= 0.6 is 0 Å². The molecule has 3 amide bonds. The van der Waals surface area contributed by atoms with E-state index in [1.807, 2.05) is 0 Å². The van der Waals surface area contributed by atoms with E-state index in [0.29, 0.717) is 17.9 Å². The quantitative estimate of drug-likeness (QED) is 0.780. The molecule has 1 spiro atoms. The molecule has 1 aliphatic heterocycles. The number of anilines is 2. The first-order valence-corrected chi connectivity index (χ1v) is 7.60. The van der Waals surface area contributed by atoms with E-state index in [1.54, 1.807) is 24.3 Å². The Bertz CT molecular complexity index is 545. The smallest absolute Gasteiger partial charge is 0.328 e. The van der Waals surface area contributed by atoms with Crippen molar-refractivity contribution < 1.29 is 9.59 Å². The zero-order valence-electron chi connectivity index (χ0n) is 12.1. The number of nitrogens with one attached hydrogen (secondary N) is 1. The van der Waals surface area contributed by atoms with Crippen molar-refractivity contribution >= 4 is 23.3 Å². The molecule has 0 aromatic heterocycles. The molecule has 0 atom stereocenters. The van der Waals surface area contributed by atoms with Crippen molar-refractivity contribution in [2.45, 2.75) is 38.5 Å². The largest absolute Gasteiger partial charge is 0.399 e. The fourth-order valence-electron chi connectivity index (χ4n) is 3.38. The standard InChI is InChI=1S/C16H21N3O2/c17-12-5-7-13(8-6-12)19-14(20)16(11-18-15(19)21)9-3-1-2-4-10-16/h5-8H,1-4,9-11,17H2,(H,18,21). The van der Waals surface area contributed by atoms with Crippen LogP contribution in [0.2, 0.25) is 0 Å². The maximum absolute atomic E-state index is 13.0. The fourth-order valence-corrected chi connectivity index (χ4v) is 3.38. The van der Waals surface area contributed by atoms with Crippen LogP contribution in [0, 0.1) is 5.41 Å². The number of carbonyl (C=O) groups excluding carboxylic acids is 2. The lowest BCUT2D eigenvalue weighted by atomic mass is 9.77. The van der Waals surface area contributed by atoms with E-state index >= 15 is 0 Å². The molecule has 2 aliphatic rings. The van der Waals surface area contributed by atoms with Gasteiger partial charge in [0.2, 0.25) is 5.91 Å². The van der Waals surface area contributed by atoms with Crippen molar-refractivity contribution in [3.63, 3.8) is 0 Å². The maximum Gasteiger partial charge on any atom is 0.328 e. The highest BCUT2D eigenvalue weighted by molar-refractivity contribution is 6.18. The molecule has 5 heteroatoms. The van der Waals surface area contributed by atoms with Gasteiger partial charge in [-0.15, -0.1) is 0 Å². The monoisotopic (exact) mass is 287 g/mol. The fraction of sp³-hybridized carbons (Fsp3) is 0.500. The molecule has 1 saturated carbocycles. The third-order valence-electron chi connectivity index (χ3n) is 4.65. The highest BCUT2D eigenvalue weighted by Crippen LogP contribution is 2.39. The molecule has 21 heavy (non-hydrogen) atoms.